The summed E-state index contributed by atoms with van der Waals surface area (Å²) in [7, 11) is 4.09. The van der Waals surface area contributed by atoms with Gasteiger partial charge in [-0.3, -0.25) is 9.58 Å². The Balaban J connectivity index is 3.05. The average Bonchev–Trinajstić information content (AvgIpc) is 2.71. The summed E-state index contributed by atoms with van der Waals surface area (Å²) in [6.45, 7) is 13.4. The molecule has 0 aliphatic rings. The van der Waals surface area contributed by atoms with Gasteiger partial charge in [-0.2, -0.15) is 5.10 Å². The fraction of sp³-hybridized carbons (Fsp3) is 0.812. The molecule has 1 atom stereocenters. The molecule has 122 valence electrons. The van der Waals surface area contributed by atoms with Gasteiger partial charge in [0.05, 0.1) is 15.9 Å². The Hall–Kier alpha value is -0.390. The Morgan fingerprint density at radius 3 is 2.24 bits per heavy atom. The highest BCUT2D eigenvalue weighted by Gasteiger charge is 2.34. The first kappa shape index (κ1) is 18.7. The molecule has 0 spiro atoms. The van der Waals surface area contributed by atoms with E-state index >= 15 is 0 Å². The minimum Gasteiger partial charge on any atom is -0.315 e. The van der Waals surface area contributed by atoms with Crippen LogP contribution < -0.4 is 5.32 Å². The number of hydrogen-bond acceptors (Lipinski definition) is 3. The summed E-state index contributed by atoms with van der Waals surface area (Å²) in [5.74, 6) is 0. The molecule has 21 heavy (non-hydrogen) atoms. The van der Waals surface area contributed by atoms with E-state index in [1.54, 1.807) is 0 Å². The van der Waals surface area contributed by atoms with Crippen LogP contribution in [0.4, 0.5) is 0 Å². The number of aryl methyl sites for hydroxylation is 2. The summed E-state index contributed by atoms with van der Waals surface area (Å²) in [6.07, 6.45) is 1.92. The number of nitrogens with one attached hydrogen (secondary N) is 1. The maximum atomic E-state index is 4.61. The summed E-state index contributed by atoms with van der Waals surface area (Å²) in [5.41, 5.74) is 2.50. The van der Waals surface area contributed by atoms with Crippen molar-refractivity contribution in [2.24, 2.45) is 7.05 Å². The van der Waals surface area contributed by atoms with Gasteiger partial charge < -0.3 is 5.32 Å². The zero-order valence-corrected chi connectivity index (χ0v) is 16.2. The van der Waals surface area contributed by atoms with Crippen LogP contribution in [-0.4, -0.2) is 46.4 Å². The number of aromatic nitrogens is 2. The van der Waals surface area contributed by atoms with Gasteiger partial charge in [-0.15, -0.1) is 0 Å². The second-order valence-electron chi connectivity index (χ2n) is 6.06. The van der Waals surface area contributed by atoms with E-state index < -0.39 is 0 Å². The molecule has 0 aliphatic carbocycles. The molecule has 0 aliphatic heterocycles. The lowest BCUT2D eigenvalue weighted by Gasteiger charge is -2.43. The average molecular weight is 359 g/mol. The van der Waals surface area contributed by atoms with Crippen molar-refractivity contribution in [1.29, 1.82) is 0 Å². The van der Waals surface area contributed by atoms with Crippen LogP contribution >= 0.6 is 15.9 Å². The van der Waals surface area contributed by atoms with Gasteiger partial charge in [-0.25, -0.2) is 0 Å². The van der Waals surface area contributed by atoms with Crippen molar-refractivity contribution in [1.82, 2.24) is 20.0 Å². The third-order valence-electron chi connectivity index (χ3n) is 4.68. The third kappa shape index (κ3) is 3.88. The van der Waals surface area contributed by atoms with E-state index in [0.717, 1.165) is 31.6 Å². The van der Waals surface area contributed by atoms with Gasteiger partial charge in [0, 0.05) is 25.0 Å². The predicted octanol–water partition coefficient (Wildman–Crippen LogP) is 3.00. The number of halogens is 1. The predicted molar refractivity (Wildman–Crippen MR) is 93.8 cm³/mol. The minimum atomic E-state index is 0.0916. The highest BCUT2D eigenvalue weighted by atomic mass is 79.9. The van der Waals surface area contributed by atoms with E-state index in [1.165, 1.54) is 10.2 Å². The summed E-state index contributed by atoms with van der Waals surface area (Å²) < 4.78 is 3.19. The van der Waals surface area contributed by atoms with Crippen LogP contribution in [0.2, 0.25) is 0 Å². The maximum Gasteiger partial charge on any atom is 0.0766 e. The van der Waals surface area contributed by atoms with Crippen molar-refractivity contribution < 1.29 is 0 Å². The lowest BCUT2D eigenvalue weighted by molar-refractivity contribution is 0.0935. The Labute approximate surface area is 138 Å². The lowest BCUT2D eigenvalue weighted by Crippen LogP contribution is -2.58. The van der Waals surface area contributed by atoms with Crippen molar-refractivity contribution in [3.8, 4) is 0 Å². The first-order chi connectivity index (χ1) is 9.83. The van der Waals surface area contributed by atoms with Crippen molar-refractivity contribution in [3.63, 3.8) is 0 Å². The molecule has 0 aromatic carbocycles. The molecule has 0 saturated carbocycles. The summed E-state index contributed by atoms with van der Waals surface area (Å²) in [6, 6.07) is 0.369. The molecule has 5 heteroatoms. The molecule has 1 heterocycles. The quantitative estimate of drug-likeness (QED) is 0.775. The van der Waals surface area contributed by atoms with Gasteiger partial charge in [0.15, 0.2) is 0 Å². The van der Waals surface area contributed by atoms with E-state index in [9.17, 15) is 0 Å². The van der Waals surface area contributed by atoms with Crippen LogP contribution in [0.5, 0.6) is 0 Å². The number of hydrogen-bond donors (Lipinski definition) is 1. The van der Waals surface area contributed by atoms with Crippen molar-refractivity contribution in [3.05, 3.63) is 15.9 Å². The summed E-state index contributed by atoms with van der Waals surface area (Å²) in [4.78, 5) is 2.51. The van der Waals surface area contributed by atoms with Crippen LogP contribution in [0.25, 0.3) is 0 Å². The zero-order valence-electron chi connectivity index (χ0n) is 14.6. The van der Waals surface area contributed by atoms with E-state index in [1.807, 2.05) is 11.7 Å². The van der Waals surface area contributed by atoms with Crippen molar-refractivity contribution in [2.45, 2.75) is 59.0 Å². The fourth-order valence-corrected chi connectivity index (χ4v) is 3.98. The summed E-state index contributed by atoms with van der Waals surface area (Å²) in [5, 5.41) is 8.13. The normalized spacial score (nSPS) is 14.0. The number of likely N-dealkylation sites (N-methyl/N-ethyl adjacent to an activating group) is 2. The standard InChI is InChI=1S/C16H31BrN4/c1-8-12-15(17)13(20(7)19-12)11-14(18-6)16(4,5)21(9-2)10-3/h14,18H,8-11H2,1-7H3. The van der Waals surface area contributed by atoms with E-state index in [4.69, 9.17) is 0 Å². The smallest absolute Gasteiger partial charge is 0.0766 e. The molecule has 0 radical (unpaired) electrons. The largest absolute Gasteiger partial charge is 0.315 e. The van der Waals surface area contributed by atoms with E-state index in [0.29, 0.717) is 6.04 Å². The molecule has 4 nitrogen and oxygen atoms in total. The highest BCUT2D eigenvalue weighted by Crippen LogP contribution is 2.27. The molecule has 0 saturated heterocycles. The Bertz CT molecular complexity index is 449. The first-order valence-corrected chi connectivity index (χ1v) is 8.75. The van der Waals surface area contributed by atoms with Crippen LogP contribution in [0.15, 0.2) is 4.47 Å². The Morgan fingerprint density at radius 1 is 1.29 bits per heavy atom. The molecule has 1 N–H and O–H groups in total. The zero-order chi connectivity index (χ0) is 16.2. The lowest BCUT2D eigenvalue weighted by atomic mass is 9.88. The molecule has 1 aromatic heterocycles. The first-order valence-electron chi connectivity index (χ1n) is 7.95. The second-order valence-corrected chi connectivity index (χ2v) is 6.85. The molecule has 0 amide bonds. The van der Waals surface area contributed by atoms with E-state index in [-0.39, 0.29) is 5.54 Å². The van der Waals surface area contributed by atoms with Gasteiger partial charge in [0.2, 0.25) is 0 Å². The fourth-order valence-electron chi connectivity index (χ4n) is 3.20. The molecular weight excluding hydrogens is 328 g/mol. The second kappa shape index (κ2) is 7.75. The molecule has 1 rings (SSSR count). The molecular formula is C16H31BrN4. The topological polar surface area (TPSA) is 33.1 Å². The number of nitrogens with zero attached hydrogens (tertiary/aromatic N) is 3. The van der Waals surface area contributed by atoms with Crippen LogP contribution in [0.3, 0.4) is 0 Å². The van der Waals surface area contributed by atoms with Crippen LogP contribution in [0.1, 0.15) is 46.0 Å². The van der Waals surface area contributed by atoms with Crippen LogP contribution in [0, 0.1) is 0 Å². The van der Waals surface area contributed by atoms with Gasteiger partial charge in [0.25, 0.3) is 0 Å². The molecule has 1 aromatic rings. The van der Waals surface area contributed by atoms with Gasteiger partial charge in [-0.05, 0) is 56.3 Å². The third-order valence-corrected chi connectivity index (χ3v) is 5.60. The van der Waals surface area contributed by atoms with Gasteiger partial charge >= 0.3 is 0 Å². The monoisotopic (exact) mass is 358 g/mol. The molecule has 0 fully saturated rings. The Morgan fingerprint density at radius 2 is 1.86 bits per heavy atom. The Kier molecular flexibility index (Phi) is 6.88. The number of rotatable bonds is 8. The molecule has 1 unspecified atom stereocenters. The minimum absolute atomic E-state index is 0.0916. The van der Waals surface area contributed by atoms with E-state index in [2.05, 4.69) is 72.9 Å². The highest BCUT2D eigenvalue weighted by molar-refractivity contribution is 9.10. The summed E-state index contributed by atoms with van der Waals surface area (Å²) >= 11 is 3.73. The maximum absolute atomic E-state index is 4.61. The SMILES string of the molecule is CCc1nn(C)c(CC(NC)C(C)(C)N(CC)CC)c1Br. The van der Waals surface area contributed by atoms with Crippen molar-refractivity contribution >= 4 is 15.9 Å². The van der Waals surface area contributed by atoms with Crippen molar-refractivity contribution in [2.75, 3.05) is 20.1 Å². The van der Waals surface area contributed by atoms with Crippen LogP contribution in [-0.2, 0) is 19.9 Å². The van der Waals surface area contributed by atoms with Gasteiger partial charge in [-0.1, -0.05) is 20.8 Å². The molecule has 0 bridgehead atoms. The van der Waals surface area contributed by atoms with Gasteiger partial charge in [0.1, 0.15) is 0 Å².